The molecule has 14 heteroatoms. The van der Waals surface area contributed by atoms with Gasteiger partial charge in [-0.2, -0.15) is 0 Å². The van der Waals surface area contributed by atoms with Crippen LogP contribution in [0.25, 0.3) is 17.0 Å². The summed E-state index contributed by atoms with van der Waals surface area (Å²) in [7, 11) is 1.88. The van der Waals surface area contributed by atoms with Crippen LogP contribution >= 0.6 is 0 Å². The van der Waals surface area contributed by atoms with E-state index in [9.17, 15) is 29.4 Å². The Bertz CT molecular complexity index is 2330. The lowest BCUT2D eigenvalue weighted by molar-refractivity contribution is -0.297. The van der Waals surface area contributed by atoms with Crippen molar-refractivity contribution >= 4 is 40.6 Å². The van der Waals surface area contributed by atoms with Crippen molar-refractivity contribution in [2.24, 2.45) is 23.7 Å². The molecular weight excluding hydrogens is 855 g/mol. The number of aliphatic hydroxyl groups is 1. The summed E-state index contributed by atoms with van der Waals surface area (Å²) in [6.07, 6.45) is 0.357. The highest BCUT2D eigenvalue weighted by molar-refractivity contribution is 6.00. The number of alkyl carbamates (subject to hydrolysis) is 1. The monoisotopic (exact) mass is 928 g/mol. The van der Waals surface area contributed by atoms with Crippen LogP contribution in [0.2, 0.25) is 0 Å². The average Bonchev–Trinajstić information content (AvgIpc) is 3.59. The predicted octanol–water partition coefficient (Wildman–Crippen LogP) is 7.99. The number of rotatable bonds is 10. The third-order valence-electron chi connectivity index (χ3n) is 14.4. The number of esters is 1. The SMILES string of the molecule is CC[C@@H]1OC(=O)[C@H](C)C(=O)[C@H](C)[C@@H](OC2O[C@H](C)C[C@H](N(C)Cc3cc(C)cc(C(C)(C)C)c3O)[C@H]2O)[C@@](C)(OC/C=C/c2cnc3ccccc3c2)C[C@@H](C)C(=O)[C@@H](C)[C@H]2NC(=O)O[C@]12C. The number of phenols is 1. The van der Waals surface area contributed by atoms with E-state index in [-0.39, 0.29) is 36.4 Å². The second kappa shape index (κ2) is 20.5. The molecule has 0 radical (unpaired) electrons. The van der Waals surface area contributed by atoms with Crippen LogP contribution in [-0.4, -0.2) is 111 Å². The quantitative estimate of drug-likeness (QED) is 0.132. The molecule has 14 nitrogen and oxygen atoms in total. The number of carbonyl (C=O) groups excluding carboxylic acids is 4. The summed E-state index contributed by atoms with van der Waals surface area (Å²) < 4.78 is 32.0. The number of ketones is 2. The van der Waals surface area contributed by atoms with Gasteiger partial charge in [-0.1, -0.05) is 96.5 Å². The number of ether oxygens (including phenoxy) is 5. The van der Waals surface area contributed by atoms with Gasteiger partial charge in [0.25, 0.3) is 0 Å². The number of aliphatic hydroxyl groups excluding tert-OH is 1. The van der Waals surface area contributed by atoms with E-state index >= 15 is 0 Å². The number of benzene rings is 2. The van der Waals surface area contributed by atoms with E-state index < -0.39 is 95.5 Å². The first-order valence-electron chi connectivity index (χ1n) is 23.8. The zero-order valence-electron chi connectivity index (χ0n) is 41.6. The summed E-state index contributed by atoms with van der Waals surface area (Å²) in [6.45, 7) is 22.2. The molecule has 0 aliphatic carbocycles. The van der Waals surface area contributed by atoms with Crippen molar-refractivity contribution in [3.05, 3.63) is 77.0 Å². The number of phenolic OH excluding ortho intramolecular Hbond substituents is 1. The summed E-state index contributed by atoms with van der Waals surface area (Å²) in [5.41, 5.74) is 1.10. The molecule has 3 aliphatic rings. The topological polar surface area (TPSA) is 183 Å². The fourth-order valence-corrected chi connectivity index (χ4v) is 10.6. The third-order valence-corrected chi connectivity index (χ3v) is 14.4. The maximum Gasteiger partial charge on any atom is 0.408 e. The van der Waals surface area contributed by atoms with Crippen LogP contribution in [0.15, 0.2) is 54.7 Å². The summed E-state index contributed by atoms with van der Waals surface area (Å²) in [6, 6.07) is 12.4. The Balaban J connectivity index is 1.38. The van der Waals surface area contributed by atoms with Gasteiger partial charge in [-0.3, -0.25) is 24.3 Å². The molecule has 3 saturated heterocycles. The Morgan fingerprint density at radius 3 is 2.39 bits per heavy atom. The van der Waals surface area contributed by atoms with Gasteiger partial charge < -0.3 is 39.2 Å². The molecular formula is C53H73N3O11. The number of aromatic hydroxyl groups is 1. The zero-order chi connectivity index (χ0) is 49.3. The fourth-order valence-electron chi connectivity index (χ4n) is 10.6. The van der Waals surface area contributed by atoms with Gasteiger partial charge in [0, 0.05) is 47.5 Å². The number of aromatic nitrogens is 1. The zero-order valence-corrected chi connectivity index (χ0v) is 41.6. The minimum absolute atomic E-state index is 0.0211. The van der Waals surface area contributed by atoms with Crippen molar-refractivity contribution < 1.29 is 53.1 Å². The van der Waals surface area contributed by atoms with Crippen molar-refractivity contribution in [3.63, 3.8) is 0 Å². The molecule has 67 heavy (non-hydrogen) atoms. The molecule has 1 aromatic heterocycles. The van der Waals surface area contributed by atoms with Crippen LogP contribution in [-0.2, 0) is 50.0 Å². The molecule has 1 amide bonds. The minimum atomic E-state index is -1.43. The molecule has 6 rings (SSSR count). The number of amides is 1. The van der Waals surface area contributed by atoms with Crippen LogP contribution < -0.4 is 5.32 Å². The van der Waals surface area contributed by atoms with E-state index in [2.05, 4.69) is 31.1 Å². The van der Waals surface area contributed by atoms with Crippen LogP contribution in [0.3, 0.4) is 0 Å². The minimum Gasteiger partial charge on any atom is -0.507 e. The molecule has 0 spiro atoms. The summed E-state index contributed by atoms with van der Waals surface area (Å²) in [5.74, 6) is -5.20. The summed E-state index contributed by atoms with van der Waals surface area (Å²) >= 11 is 0. The molecule has 3 aliphatic heterocycles. The van der Waals surface area contributed by atoms with E-state index in [1.807, 2.05) is 80.4 Å². The molecule has 0 bridgehead atoms. The molecule has 1 unspecified atom stereocenters. The van der Waals surface area contributed by atoms with E-state index in [0.29, 0.717) is 13.0 Å². The maximum atomic E-state index is 14.8. The molecule has 3 aromatic rings. The number of fused-ring (bicyclic) bond motifs is 2. The highest BCUT2D eigenvalue weighted by Gasteiger charge is 2.57. The number of hydrogen-bond acceptors (Lipinski definition) is 13. The van der Waals surface area contributed by atoms with Crippen LogP contribution in [0.5, 0.6) is 5.75 Å². The molecule has 2 aromatic carbocycles. The lowest BCUT2D eigenvalue weighted by atomic mass is 9.73. The van der Waals surface area contributed by atoms with Gasteiger partial charge in [0.05, 0.1) is 36.0 Å². The van der Waals surface area contributed by atoms with Gasteiger partial charge >= 0.3 is 12.1 Å². The Morgan fingerprint density at radius 2 is 1.70 bits per heavy atom. The van der Waals surface area contributed by atoms with Crippen molar-refractivity contribution in [1.29, 1.82) is 0 Å². The maximum absolute atomic E-state index is 14.8. The number of nitrogens with one attached hydrogen (secondary N) is 1. The van der Waals surface area contributed by atoms with Gasteiger partial charge in [-0.25, -0.2) is 4.79 Å². The largest absolute Gasteiger partial charge is 0.507 e. The van der Waals surface area contributed by atoms with Gasteiger partial charge in [-0.05, 0) is 89.6 Å². The lowest BCUT2D eigenvalue weighted by Crippen LogP contribution is -2.60. The number of para-hydroxylation sites is 1. The molecule has 13 atom stereocenters. The Labute approximate surface area is 396 Å². The normalized spacial score (nSPS) is 33.6. The van der Waals surface area contributed by atoms with Crippen LogP contribution in [0, 0.1) is 30.6 Å². The Hall–Kier alpha value is -4.73. The van der Waals surface area contributed by atoms with Crippen molar-refractivity contribution in [3.8, 4) is 5.75 Å². The number of cyclic esters (lactones) is 1. The van der Waals surface area contributed by atoms with E-state index in [1.165, 1.54) is 6.92 Å². The van der Waals surface area contributed by atoms with Crippen molar-refractivity contribution in [1.82, 2.24) is 15.2 Å². The average molecular weight is 928 g/mol. The number of aryl methyl sites for hydroxylation is 1. The molecule has 3 N–H and O–H groups in total. The first-order chi connectivity index (χ1) is 31.4. The number of pyridine rings is 1. The van der Waals surface area contributed by atoms with Gasteiger partial charge in [-0.15, -0.1) is 0 Å². The Morgan fingerprint density at radius 1 is 1.00 bits per heavy atom. The predicted molar refractivity (Wildman–Crippen MR) is 255 cm³/mol. The fraction of sp³-hybridized carbons (Fsp3) is 0.604. The number of Topliss-reactive ketones (excluding diaryl/α,β-unsaturated/α-hetero) is 2. The first-order valence-corrected chi connectivity index (χ1v) is 23.8. The molecule has 366 valence electrons. The highest BCUT2D eigenvalue weighted by Crippen LogP contribution is 2.41. The molecule has 4 heterocycles. The van der Waals surface area contributed by atoms with Crippen LogP contribution in [0.1, 0.15) is 118 Å². The molecule has 0 saturated carbocycles. The smallest absolute Gasteiger partial charge is 0.408 e. The number of nitrogens with zero attached hydrogens (tertiary/aromatic N) is 2. The van der Waals surface area contributed by atoms with Crippen LogP contribution in [0.4, 0.5) is 4.79 Å². The second-order valence-electron chi connectivity index (χ2n) is 20.9. The highest BCUT2D eigenvalue weighted by atomic mass is 16.7. The van der Waals surface area contributed by atoms with E-state index in [4.69, 9.17) is 23.7 Å². The summed E-state index contributed by atoms with van der Waals surface area (Å²) in [5, 5.41) is 27.5. The van der Waals surface area contributed by atoms with E-state index in [0.717, 1.165) is 33.2 Å². The number of likely N-dealkylation sites (N-methyl/N-ethyl adjacent to an activating group) is 1. The van der Waals surface area contributed by atoms with Gasteiger partial charge in [0.15, 0.2) is 17.7 Å². The first kappa shape index (κ1) is 51.7. The number of hydrogen-bond donors (Lipinski definition) is 3. The van der Waals surface area contributed by atoms with Crippen molar-refractivity contribution in [2.75, 3.05) is 13.7 Å². The molecule has 3 fully saturated rings. The van der Waals surface area contributed by atoms with Gasteiger partial charge in [0.1, 0.15) is 29.7 Å². The Kier molecular flexibility index (Phi) is 15.8. The second-order valence-corrected chi connectivity index (χ2v) is 20.9. The standard InChI is InChI=1S/C53H73N3O11/c1-14-41-53(12)46(55-50(62)67-53)32(5)42(57)30(3)26-52(11,63-21-17-18-35-25-36-19-15-16-20-39(36)54-27-35)47(33(6)43(58)34(7)48(61)65-41)66-49-45(60)40(24-31(4)64-49)56(13)28-37-22-29(2)23-38(44(37)59)51(8,9)10/h15-20,22-23,25,27,30-34,40-41,45-47,49,59-60H,14,21,24,26,28H2,1-13H3,(H,55,62)/b18-17+/t30-,31-,32-,33+,34-,40+,41+,45-,46-,47-,49?,52+,53-/m1/s1. The third kappa shape index (κ3) is 11.1. The lowest BCUT2D eigenvalue weighted by Gasteiger charge is -2.47. The van der Waals surface area contributed by atoms with E-state index in [1.54, 1.807) is 47.7 Å². The van der Waals surface area contributed by atoms with Gasteiger partial charge in [0.2, 0.25) is 0 Å². The van der Waals surface area contributed by atoms with Crippen molar-refractivity contribution in [2.45, 2.75) is 168 Å². The number of carbonyl (C=O) groups is 4. The summed E-state index contributed by atoms with van der Waals surface area (Å²) in [4.78, 5) is 62.9.